The Morgan fingerprint density at radius 3 is 2.35 bits per heavy atom. The van der Waals surface area contributed by atoms with Crippen LogP contribution in [0.3, 0.4) is 0 Å². The average molecular weight is 320 g/mol. The van der Waals surface area contributed by atoms with Crippen LogP contribution in [-0.4, -0.2) is 34.2 Å². The van der Waals surface area contributed by atoms with Crippen molar-refractivity contribution in [3.63, 3.8) is 0 Å². The summed E-state index contributed by atoms with van der Waals surface area (Å²) < 4.78 is 60.0. The molecule has 1 aromatic carbocycles. The van der Waals surface area contributed by atoms with Gasteiger partial charge in [-0.25, -0.2) is 8.42 Å². The van der Waals surface area contributed by atoms with E-state index < -0.39 is 25.1 Å². The predicted octanol–water partition coefficient (Wildman–Crippen LogP) is 1.27. The van der Waals surface area contributed by atoms with Crippen LogP contribution in [0, 0.1) is 11.3 Å². The first-order valence-electron chi connectivity index (χ1n) is 5.65. The van der Waals surface area contributed by atoms with Gasteiger partial charge in [-0.15, -0.1) is 3.89 Å². The van der Waals surface area contributed by atoms with Crippen LogP contribution in [-0.2, 0) is 20.2 Å². The zero-order chi connectivity index (χ0) is 15.4. The first-order chi connectivity index (χ1) is 9.23. The van der Waals surface area contributed by atoms with Gasteiger partial charge in [0.05, 0.1) is 15.9 Å². The molecule has 0 heterocycles. The minimum absolute atomic E-state index is 0.00811. The molecule has 110 valence electrons. The van der Waals surface area contributed by atoms with E-state index in [1.54, 1.807) is 6.92 Å². The standard InChI is InChI=1S/C11H13FN2O4S2/c1-2-14(8-4-7-13)20(17,18)11-6-3-5-10(9-11)19(12,15)16/h3,5-6,9H,2,4,8H2,1H3. The molecule has 0 aliphatic carbocycles. The highest BCUT2D eigenvalue weighted by atomic mass is 32.3. The van der Waals surface area contributed by atoms with Crippen molar-refractivity contribution < 1.29 is 20.7 Å². The lowest BCUT2D eigenvalue weighted by Gasteiger charge is -2.19. The zero-order valence-corrected chi connectivity index (χ0v) is 12.3. The van der Waals surface area contributed by atoms with Gasteiger partial charge in [0.15, 0.2) is 0 Å². The first kappa shape index (κ1) is 16.6. The molecule has 0 bridgehead atoms. The molecular weight excluding hydrogens is 307 g/mol. The Hall–Kier alpha value is -1.50. The molecular formula is C11H13FN2O4S2. The summed E-state index contributed by atoms with van der Waals surface area (Å²) >= 11 is 0. The van der Waals surface area contributed by atoms with Crippen LogP contribution in [0.4, 0.5) is 3.89 Å². The SMILES string of the molecule is CCN(CCC#N)S(=O)(=O)c1cccc(S(=O)(=O)F)c1. The number of rotatable bonds is 6. The third-order valence-electron chi connectivity index (χ3n) is 2.55. The van der Waals surface area contributed by atoms with E-state index in [0.29, 0.717) is 0 Å². The lowest BCUT2D eigenvalue weighted by atomic mass is 10.4. The second-order valence-electron chi connectivity index (χ2n) is 3.82. The van der Waals surface area contributed by atoms with Crippen molar-refractivity contribution in [2.24, 2.45) is 0 Å². The Morgan fingerprint density at radius 2 is 1.85 bits per heavy atom. The summed E-state index contributed by atoms with van der Waals surface area (Å²) in [6, 6.07) is 5.90. The van der Waals surface area contributed by atoms with Gasteiger partial charge in [-0.2, -0.15) is 18.0 Å². The van der Waals surface area contributed by atoms with Crippen molar-refractivity contribution in [1.82, 2.24) is 4.31 Å². The maximum Gasteiger partial charge on any atom is 0.332 e. The van der Waals surface area contributed by atoms with Crippen molar-refractivity contribution in [1.29, 1.82) is 5.26 Å². The van der Waals surface area contributed by atoms with Gasteiger partial charge in [0.1, 0.15) is 0 Å². The van der Waals surface area contributed by atoms with Crippen molar-refractivity contribution >= 4 is 20.2 Å². The van der Waals surface area contributed by atoms with Crippen LogP contribution in [0.5, 0.6) is 0 Å². The molecule has 0 atom stereocenters. The zero-order valence-electron chi connectivity index (χ0n) is 10.7. The molecule has 0 unspecified atom stereocenters. The van der Waals surface area contributed by atoms with E-state index in [2.05, 4.69) is 0 Å². The quantitative estimate of drug-likeness (QED) is 0.736. The number of hydrogen-bond acceptors (Lipinski definition) is 5. The Kier molecular flexibility index (Phi) is 5.21. The summed E-state index contributed by atoms with van der Waals surface area (Å²) in [5.41, 5.74) is 0. The molecule has 0 spiro atoms. The van der Waals surface area contributed by atoms with Crippen LogP contribution in [0.15, 0.2) is 34.1 Å². The molecule has 9 heteroatoms. The molecule has 1 rings (SSSR count). The number of halogens is 1. The Morgan fingerprint density at radius 1 is 1.25 bits per heavy atom. The lowest BCUT2D eigenvalue weighted by molar-refractivity contribution is 0.435. The van der Waals surface area contributed by atoms with E-state index in [-0.39, 0.29) is 24.4 Å². The van der Waals surface area contributed by atoms with Crippen molar-refractivity contribution in [3.8, 4) is 6.07 Å². The summed E-state index contributed by atoms with van der Waals surface area (Å²) in [7, 11) is -8.93. The number of nitrogens with zero attached hydrogens (tertiary/aromatic N) is 2. The maximum atomic E-state index is 12.9. The van der Waals surface area contributed by atoms with E-state index in [4.69, 9.17) is 5.26 Å². The van der Waals surface area contributed by atoms with Crippen molar-refractivity contribution in [2.45, 2.75) is 23.1 Å². The fourth-order valence-electron chi connectivity index (χ4n) is 1.56. The first-order valence-corrected chi connectivity index (χ1v) is 8.47. The van der Waals surface area contributed by atoms with Gasteiger partial charge in [-0.05, 0) is 18.2 Å². The molecule has 0 aromatic heterocycles. The van der Waals surface area contributed by atoms with E-state index in [9.17, 15) is 20.7 Å². The Balaban J connectivity index is 3.25. The van der Waals surface area contributed by atoms with E-state index >= 15 is 0 Å². The van der Waals surface area contributed by atoms with E-state index in [1.807, 2.05) is 6.07 Å². The topological polar surface area (TPSA) is 95.3 Å². The summed E-state index contributed by atoms with van der Waals surface area (Å²) in [4.78, 5) is -1.04. The van der Waals surface area contributed by atoms with E-state index in [1.165, 1.54) is 6.07 Å². The predicted molar refractivity (Wildman–Crippen MR) is 69.4 cm³/mol. The van der Waals surface area contributed by atoms with Gasteiger partial charge in [0.2, 0.25) is 10.0 Å². The molecule has 0 saturated heterocycles. The minimum atomic E-state index is -4.97. The highest BCUT2D eigenvalue weighted by Crippen LogP contribution is 2.20. The van der Waals surface area contributed by atoms with Crippen molar-refractivity contribution in [3.05, 3.63) is 24.3 Å². The fraction of sp³-hybridized carbons (Fsp3) is 0.364. The van der Waals surface area contributed by atoms with Crippen LogP contribution in [0.1, 0.15) is 13.3 Å². The summed E-state index contributed by atoms with van der Waals surface area (Å²) in [5.74, 6) is 0. The van der Waals surface area contributed by atoms with Gasteiger partial charge in [-0.1, -0.05) is 13.0 Å². The molecule has 0 aliphatic heterocycles. The molecule has 0 radical (unpaired) electrons. The van der Waals surface area contributed by atoms with Gasteiger partial charge in [0, 0.05) is 19.5 Å². The molecule has 20 heavy (non-hydrogen) atoms. The summed E-state index contributed by atoms with van der Waals surface area (Å²) in [6.45, 7) is 1.70. The fourth-order valence-corrected chi connectivity index (χ4v) is 3.64. The van der Waals surface area contributed by atoms with Crippen LogP contribution >= 0.6 is 0 Å². The molecule has 0 fully saturated rings. The van der Waals surface area contributed by atoms with Crippen LogP contribution in [0.25, 0.3) is 0 Å². The summed E-state index contributed by atoms with van der Waals surface area (Å²) in [6.07, 6.45) is 0.00811. The molecule has 1 aromatic rings. The second-order valence-corrected chi connectivity index (χ2v) is 7.10. The van der Waals surface area contributed by atoms with Gasteiger partial charge in [0.25, 0.3) is 0 Å². The van der Waals surface area contributed by atoms with Crippen LogP contribution < -0.4 is 0 Å². The number of benzene rings is 1. The summed E-state index contributed by atoms with van der Waals surface area (Å²) in [5, 5.41) is 8.50. The average Bonchev–Trinajstić information content (AvgIpc) is 2.38. The highest BCUT2D eigenvalue weighted by molar-refractivity contribution is 7.89. The Labute approximate surface area is 117 Å². The normalized spacial score (nSPS) is 12.3. The third kappa shape index (κ3) is 3.75. The second kappa shape index (κ2) is 6.30. The van der Waals surface area contributed by atoms with Gasteiger partial charge in [-0.3, -0.25) is 0 Å². The lowest BCUT2D eigenvalue weighted by Crippen LogP contribution is -2.31. The molecule has 0 amide bonds. The van der Waals surface area contributed by atoms with Gasteiger partial charge < -0.3 is 0 Å². The molecule has 0 saturated carbocycles. The van der Waals surface area contributed by atoms with Crippen molar-refractivity contribution in [2.75, 3.05) is 13.1 Å². The number of hydrogen-bond donors (Lipinski definition) is 0. The van der Waals surface area contributed by atoms with Crippen LogP contribution in [0.2, 0.25) is 0 Å². The number of sulfonamides is 1. The number of nitriles is 1. The smallest absolute Gasteiger partial charge is 0.207 e. The molecule has 0 N–H and O–H groups in total. The minimum Gasteiger partial charge on any atom is -0.207 e. The largest absolute Gasteiger partial charge is 0.332 e. The maximum absolute atomic E-state index is 12.9. The monoisotopic (exact) mass is 320 g/mol. The van der Waals surface area contributed by atoms with Gasteiger partial charge >= 0.3 is 10.2 Å². The molecule has 0 aliphatic rings. The van der Waals surface area contributed by atoms with E-state index in [0.717, 1.165) is 22.5 Å². The highest BCUT2D eigenvalue weighted by Gasteiger charge is 2.24. The molecule has 6 nitrogen and oxygen atoms in total. The Bertz CT molecular complexity index is 723. The third-order valence-corrected chi connectivity index (χ3v) is 5.34.